The minimum Gasteiger partial charge on any atom is -0.497 e. The fourth-order valence-corrected chi connectivity index (χ4v) is 2.15. The number of anilines is 1. The number of rotatable bonds is 7. The molecule has 1 amide bonds. The van der Waals surface area contributed by atoms with Crippen molar-refractivity contribution in [2.24, 2.45) is 0 Å². The summed E-state index contributed by atoms with van der Waals surface area (Å²) in [5.74, 6) is 1.78. The highest BCUT2D eigenvalue weighted by Gasteiger charge is 2.06. The van der Waals surface area contributed by atoms with E-state index in [2.05, 4.69) is 19.2 Å². The van der Waals surface area contributed by atoms with Gasteiger partial charge >= 0.3 is 0 Å². The molecule has 2 aromatic rings. The topological polar surface area (TPSA) is 47.6 Å². The Bertz CT molecular complexity index is 620. The molecule has 2 aromatic carbocycles. The number of methoxy groups -OCH3 is 1. The van der Waals surface area contributed by atoms with Crippen molar-refractivity contribution in [2.75, 3.05) is 19.0 Å². The quantitative estimate of drug-likeness (QED) is 0.832. The second-order valence-corrected chi connectivity index (χ2v) is 5.44. The Hall–Kier alpha value is -2.49. The third kappa shape index (κ3) is 5.02. The zero-order valence-electron chi connectivity index (χ0n) is 13.8. The molecule has 0 aromatic heterocycles. The van der Waals surface area contributed by atoms with Crippen molar-refractivity contribution in [2.45, 2.75) is 26.2 Å². The molecule has 1 N–H and O–H groups in total. The van der Waals surface area contributed by atoms with Crippen LogP contribution in [0.1, 0.15) is 31.7 Å². The molecule has 0 heterocycles. The van der Waals surface area contributed by atoms with Gasteiger partial charge < -0.3 is 14.8 Å². The Kier molecular flexibility index (Phi) is 6.03. The average Bonchev–Trinajstić information content (AvgIpc) is 2.60. The fraction of sp³-hybridized carbons (Fsp3) is 0.316. The lowest BCUT2D eigenvalue weighted by Gasteiger charge is -2.11. The molecular formula is C19H23NO3. The second-order valence-electron chi connectivity index (χ2n) is 5.44. The van der Waals surface area contributed by atoms with Crippen LogP contribution in [0.2, 0.25) is 0 Å². The highest BCUT2D eigenvalue weighted by molar-refractivity contribution is 5.91. The van der Waals surface area contributed by atoms with Gasteiger partial charge in [-0.2, -0.15) is 0 Å². The van der Waals surface area contributed by atoms with E-state index < -0.39 is 0 Å². The summed E-state index contributed by atoms with van der Waals surface area (Å²) in [7, 11) is 1.61. The summed E-state index contributed by atoms with van der Waals surface area (Å²) in [4.78, 5) is 11.9. The summed E-state index contributed by atoms with van der Waals surface area (Å²) in [5.41, 5.74) is 1.99. The number of hydrogen-bond acceptors (Lipinski definition) is 3. The molecule has 4 nitrogen and oxygen atoms in total. The van der Waals surface area contributed by atoms with Crippen LogP contribution in [0.25, 0.3) is 0 Å². The van der Waals surface area contributed by atoms with Crippen molar-refractivity contribution in [3.63, 3.8) is 0 Å². The molecule has 1 atom stereocenters. The zero-order valence-corrected chi connectivity index (χ0v) is 13.8. The summed E-state index contributed by atoms with van der Waals surface area (Å²) >= 11 is 0. The molecule has 1 unspecified atom stereocenters. The van der Waals surface area contributed by atoms with Gasteiger partial charge in [0.15, 0.2) is 6.61 Å². The molecule has 0 saturated carbocycles. The Morgan fingerprint density at radius 3 is 2.22 bits per heavy atom. The maximum absolute atomic E-state index is 11.9. The minimum absolute atomic E-state index is 0.0191. The van der Waals surface area contributed by atoms with Crippen LogP contribution in [0.4, 0.5) is 5.69 Å². The Morgan fingerprint density at radius 1 is 1.04 bits per heavy atom. The lowest BCUT2D eigenvalue weighted by molar-refractivity contribution is -0.118. The van der Waals surface area contributed by atoms with Crippen LogP contribution in [-0.4, -0.2) is 19.6 Å². The molecular weight excluding hydrogens is 290 g/mol. The smallest absolute Gasteiger partial charge is 0.262 e. The molecule has 0 spiro atoms. The van der Waals surface area contributed by atoms with Crippen LogP contribution in [0.3, 0.4) is 0 Å². The van der Waals surface area contributed by atoms with E-state index in [9.17, 15) is 4.79 Å². The third-order valence-electron chi connectivity index (χ3n) is 3.81. The first-order valence-corrected chi connectivity index (χ1v) is 7.79. The monoisotopic (exact) mass is 313 g/mol. The predicted octanol–water partition coefficient (Wildman–Crippen LogP) is 4.23. The summed E-state index contributed by atoms with van der Waals surface area (Å²) in [6.45, 7) is 4.34. The number of ether oxygens (including phenoxy) is 2. The van der Waals surface area contributed by atoms with Crippen molar-refractivity contribution in [1.82, 2.24) is 0 Å². The van der Waals surface area contributed by atoms with Gasteiger partial charge in [-0.3, -0.25) is 4.79 Å². The maximum atomic E-state index is 11.9. The van der Waals surface area contributed by atoms with Crippen LogP contribution >= 0.6 is 0 Å². The molecule has 0 radical (unpaired) electrons. The average molecular weight is 313 g/mol. The van der Waals surface area contributed by atoms with Gasteiger partial charge in [0, 0.05) is 5.69 Å². The van der Waals surface area contributed by atoms with E-state index in [0.717, 1.165) is 12.2 Å². The number of carbonyl (C=O) groups excluding carboxylic acids is 1. The number of carbonyl (C=O) groups is 1. The number of amides is 1. The fourth-order valence-electron chi connectivity index (χ4n) is 2.15. The van der Waals surface area contributed by atoms with Crippen molar-refractivity contribution < 1.29 is 14.3 Å². The van der Waals surface area contributed by atoms with Crippen molar-refractivity contribution in [1.29, 1.82) is 0 Å². The van der Waals surface area contributed by atoms with Crippen LogP contribution < -0.4 is 14.8 Å². The van der Waals surface area contributed by atoms with E-state index in [1.807, 2.05) is 24.3 Å². The van der Waals surface area contributed by atoms with Crippen LogP contribution in [0.15, 0.2) is 48.5 Å². The van der Waals surface area contributed by atoms with Gasteiger partial charge in [0.1, 0.15) is 11.5 Å². The highest BCUT2D eigenvalue weighted by atomic mass is 16.5. The molecule has 0 saturated heterocycles. The van der Waals surface area contributed by atoms with Crippen molar-refractivity contribution in [3.8, 4) is 11.5 Å². The van der Waals surface area contributed by atoms with E-state index in [1.165, 1.54) is 5.56 Å². The van der Waals surface area contributed by atoms with Crippen molar-refractivity contribution in [3.05, 3.63) is 54.1 Å². The largest absolute Gasteiger partial charge is 0.497 e. The molecule has 0 aliphatic carbocycles. The Labute approximate surface area is 137 Å². The van der Waals surface area contributed by atoms with Gasteiger partial charge in [-0.25, -0.2) is 0 Å². The minimum atomic E-state index is -0.193. The van der Waals surface area contributed by atoms with Crippen LogP contribution in [0.5, 0.6) is 11.5 Å². The SMILES string of the molecule is CCC(C)c1ccc(OCC(=O)Nc2ccc(OC)cc2)cc1. The molecule has 4 heteroatoms. The van der Waals surface area contributed by atoms with Crippen LogP contribution in [0, 0.1) is 0 Å². The lowest BCUT2D eigenvalue weighted by atomic mass is 9.99. The first kappa shape index (κ1) is 16.9. The summed E-state index contributed by atoms with van der Waals surface area (Å²) in [6.07, 6.45) is 1.10. The second kappa shape index (κ2) is 8.22. The van der Waals surface area contributed by atoms with E-state index in [0.29, 0.717) is 17.4 Å². The number of hydrogen-bond donors (Lipinski definition) is 1. The van der Waals surface area contributed by atoms with Gasteiger partial charge in [0.05, 0.1) is 7.11 Å². The van der Waals surface area contributed by atoms with Gasteiger partial charge in [-0.1, -0.05) is 26.0 Å². The summed E-state index contributed by atoms with van der Waals surface area (Å²) in [6, 6.07) is 15.1. The normalized spacial score (nSPS) is 11.6. The van der Waals surface area contributed by atoms with E-state index in [-0.39, 0.29) is 12.5 Å². The molecule has 0 fully saturated rings. The zero-order chi connectivity index (χ0) is 16.7. The number of nitrogens with one attached hydrogen (secondary N) is 1. The Morgan fingerprint density at radius 2 is 1.65 bits per heavy atom. The van der Waals surface area contributed by atoms with Gasteiger partial charge in [0.2, 0.25) is 0 Å². The van der Waals surface area contributed by atoms with Gasteiger partial charge in [0.25, 0.3) is 5.91 Å². The highest BCUT2D eigenvalue weighted by Crippen LogP contribution is 2.21. The lowest BCUT2D eigenvalue weighted by Crippen LogP contribution is -2.20. The van der Waals surface area contributed by atoms with Gasteiger partial charge in [-0.15, -0.1) is 0 Å². The van der Waals surface area contributed by atoms with Crippen molar-refractivity contribution >= 4 is 11.6 Å². The molecule has 122 valence electrons. The summed E-state index contributed by atoms with van der Waals surface area (Å²) < 4.78 is 10.6. The van der Waals surface area contributed by atoms with Crippen LogP contribution in [-0.2, 0) is 4.79 Å². The standard InChI is InChI=1S/C19H23NO3/c1-4-14(2)15-5-9-18(10-6-15)23-13-19(21)20-16-7-11-17(22-3)12-8-16/h5-12,14H,4,13H2,1-3H3,(H,20,21). The Balaban J connectivity index is 1.83. The predicted molar refractivity (Wildman–Crippen MR) is 92.3 cm³/mol. The third-order valence-corrected chi connectivity index (χ3v) is 3.81. The van der Waals surface area contributed by atoms with Gasteiger partial charge in [-0.05, 0) is 54.3 Å². The molecule has 0 bridgehead atoms. The van der Waals surface area contributed by atoms with E-state index in [4.69, 9.17) is 9.47 Å². The number of benzene rings is 2. The van der Waals surface area contributed by atoms with E-state index in [1.54, 1.807) is 31.4 Å². The first-order valence-electron chi connectivity index (χ1n) is 7.79. The molecule has 23 heavy (non-hydrogen) atoms. The molecule has 0 aliphatic rings. The maximum Gasteiger partial charge on any atom is 0.262 e. The molecule has 0 aliphatic heterocycles. The molecule has 2 rings (SSSR count). The summed E-state index contributed by atoms with van der Waals surface area (Å²) in [5, 5.41) is 2.78. The first-order chi connectivity index (χ1) is 11.1. The van der Waals surface area contributed by atoms with E-state index >= 15 is 0 Å².